The third kappa shape index (κ3) is 3.47. The van der Waals surface area contributed by atoms with Crippen LogP contribution in [0.5, 0.6) is 0 Å². The van der Waals surface area contributed by atoms with Gasteiger partial charge in [0.15, 0.2) is 11.8 Å². The van der Waals surface area contributed by atoms with E-state index in [-0.39, 0.29) is 17.4 Å². The quantitative estimate of drug-likeness (QED) is 0.250. The van der Waals surface area contributed by atoms with E-state index in [4.69, 9.17) is 11.1 Å². The molecule has 1 atom stereocenters. The minimum Gasteiger partial charge on any atom is -0.370 e. The number of H-pyrrole nitrogens is 2. The van der Waals surface area contributed by atoms with Gasteiger partial charge in [-0.05, 0) is 18.6 Å². The molecule has 0 fully saturated rings. The zero-order valence-corrected chi connectivity index (χ0v) is 17.0. The standard InChI is InChI=1S/C22H25N7O/c1-3-13(2)19-21(30)29-12-18(15-11-26-16-8-5-4-7-14(15)16)27-17(20(29)28-19)9-6-10-25-22(23)24/h4-9,11-13,26-27H,3,10H2,1-2H3,(H4,23,24,25)/b9-6+/t13-/m0/s1. The number of imidazole rings is 1. The average Bonchev–Trinajstić information content (AvgIpc) is 3.32. The molecule has 0 amide bonds. The molecule has 2 aliphatic rings. The first-order chi connectivity index (χ1) is 14.5. The number of aromatic nitrogens is 4. The van der Waals surface area contributed by atoms with E-state index in [1.165, 1.54) is 0 Å². The smallest absolute Gasteiger partial charge is 0.278 e. The molecule has 2 aromatic rings. The molecule has 3 heterocycles. The molecule has 0 radical (unpaired) electrons. The summed E-state index contributed by atoms with van der Waals surface area (Å²) in [4.78, 5) is 24.4. The molecule has 8 nitrogen and oxygen atoms in total. The third-order valence-electron chi connectivity index (χ3n) is 5.31. The highest BCUT2D eigenvalue weighted by Crippen LogP contribution is 2.29. The van der Waals surface area contributed by atoms with Crippen LogP contribution in [0.3, 0.4) is 0 Å². The number of benzene rings is 1. The van der Waals surface area contributed by atoms with Crippen LogP contribution in [-0.4, -0.2) is 32.0 Å². The van der Waals surface area contributed by atoms with Crippen LogP contribution in [0.15, 0.2) is 47.5 Å². The largest absolute Gasteiger partial charge is 0.370 e. The third-order valence-corrected chi connectivity index (χ3v) is 5.31. The van der Waals surface area contributed by atoms with Crippen molar-refractivity contribution in [3.05, 3.63) is 64.5 Å². The Kier molecular flexibility index (Phi) is 5.14. The van der Waals surface area contributed by atoms with Crippen molar-refractivity contribution in [3.8, 4) is 17.1 Å². The molecule has 1 aromatic heterocycles. The molecule has 6 N–H and O–H groups in total. The van der Waals surface area contributed by atoms with Crippen LogP contribution < -0.4 is 16.6 Å². The summed E-state index contributed by atoms with van der Waals surface area (Å²) in [6.07, 6.45) is 8.29. The van der Waals surface area contributed by atoms with Gasteiger partial charge >= 0.3 is 0 Å². The van der Waals surface area contributed by atoms with Gasteiger partial charge in [0.25, 0.3) is 5.56 Å². The molecular weight excluding hydrogens is 378 g/mol. The van der Waals surface area contributed by atoms with Gasteiger partial charge < -0.3 is 21.0 Å². The number of aromatic amines is 2. The van der Waals surface area contributed by atoms with Crippen molar-refractivity contribution < 1.29 is 0 Å². The zero-order valence-electron chi connectivity index (χ0n) is 17.0. The van der Waals surface area contributed by atoms with Gasteiger partial charge in [0, 0.05) is 41.3 Å². The van der Waals surface area contributed by atoms with E-state index in [0.29, 0.717) is 18.1 Å². The normalized spacial score (nSPS) is 12.7. The topological polar surface area (TPSA) is 128 Å². The van der Waals surface area contributed by atoms with Crippen molar-refractivity contribution in [2.45, 2.75) is 26.2 Å². The summed E-state index contributed by atoms with van der Waals surface area (Å²) in [6, 6.07) is 8.03. The summed E-state index contributed by atoms with van der Waals surface area (Å²) in [5, 5.41) is 11.1. The number of fused-ring (bicyclic) bond motifs is 2. The lowest BCUT2D eigenvalue weighted by Gasteiger charge is -2.10. The highest BCUT2D eigenvalue weighted by molar-refractivity contribution is 5.94. The Bertz CT molecular complexity index is 1260. The molecule has 30 heavy (non-hydrogen) atoms. The molecule has 8 heteroatoms. The summed E-state index contributed by atoms with van der Waals surface area (Å²) in [7, 11) is 0. The first-order valence-electron chi connectivity index (χ1n) is 9.95. The van der Waals surface area contributed by atoms with Gasteiger partial charge in [-0.1, -0.05) is 38.1 Å². The van der Waals surface area contributed by atoms with Crippen molar-refractivity contribution in [2.75, 3.05) is 6.54 Å². The lowest BCUT2D eigenvalue weighted by Crippen LogP contribution is -2.30. The second-order valence-electron chi connectivity index (χ2n) is 7.33. The maximum atomic E-state index is 13.1. The Morgan fingerprint density at radius 2 is 2.20 bits per heavy atom. The van der Waals surface area contributed by atoms with Gasteiger partial charge in [0.1, 0.15) is 5.69 Å². The van der Waals surface area contributed by atoms with Crippen LogP contribution in [0, 0.1) is 5.41 Å². The maximum absolute atomic E-state index is 13.1. The molecule has 0 unspecified atom stereocenters. The number of rotatable bonds is 6. The summed E-state index contributed by atoms with van der Waals surface area (Å²) >= 11 is 0. The zero-order chi connectivity index (χ0) is 21.3. The maximum Gasteiger partial charge on any atom is 0.278 e. The number of nitrogens with one attached hydrogen (secondary N) is 4. The fraction of sp³-hybridized carbons (Fsp3) is 0.227. The van der Waals surface area contributed by atoms with E-state index in [0.717, 1.165) is 34.3 Å². The molecule has 4 rings (SSSR count). The van der Waals surface area contributed by atoms with E-state index < -0.39 is 0 Å². The summed E-state index contributed by atoms with van der Waals surface area (Å²) in [5.41, 5.74) is 9.35. The van der Waals surface area contributed by atoms with E-state index in [9.17, 15) is 4.79 Å². The van der Waals surface area contributed by atoms with Crippen molar-refractivity contribution in [1.29, 1.82) is 5.41 Å². The monoisotopic (exact) mass is 403 g/mol. The van der Waals surface area contributed by atoms with Crippen LogP contribution in [-0.2, 0) is 0 Å². The van der Waals surface area contributed by atoms with Crippen LogP contribution in [0.25, 0.3) is 34.1 Å². The van der Waals surface area contributed by atoms with Crippen molar-refractivity contribution >= 4 is 22.9 Å². The molecule has 2 aliphatic heterocycles. The number of hydrogen-bond acceptors (Lipinski definition) is 3. The Balaban J connectivity index is 1.89. The fourth-order valence-corrected chi connectivity index (χ4v) is 3.51. The van der Waals surface area contributed by atoms with Gasteiger partial charge in [-0.25, -0.2) is 4.98 Å². The molecule has 0 saturated carbocycles. The summed E-state index contributed by atoms with van der Waals surface area (Å²) < 4.78 is 1.62. The molecule has 0 bridgehead atoms. The lowest BCUT2D eigenvalue weighted by molar-refractivity contribution is 0.707. The number of nitrogens with two attached hydrogens (primary N) is 1. The average molecular weight is 403 g/mol. The second kappa shape index (κ2) is 7.90. The number of hydrogen-bond donors (Lipinski definition) is 5. The van der Waals surface area contributed by atoms with Crippen LogP contribution in [0.4, 0.5) is 0 Å². The van der Waals surface area contributed by atoms with E-state index in [1.54, 1.807) is 4.57 Å². The number of nitrogens with zero attached hydrogens (tertiary/aromatic N) is 2. The molecule has 0 aliphatic carbocycles. The Morgan fingerprint density at radius 3 is 2.97 bits per heavy atom. The van der Waals surface area contributed by atoms with E-state index >= 15 is 0 Å². The molecule has 1 aromatic carbocycles. The van der Waals surface area contributed by atoms with Gasteiger partial charge in [0.2, 0.25) is 0 Å². The predicted octanol–water partition coefficient (Wildman–Crippen LogP) is 3.16. The predicted molar refractivity (Wildman–Crippen MR) is 120 cm³/mol. The summed E-state index contributed by atoms with van der Waals surface area (Å²) in [6.45, 7) is 4.46. The highest BCUT2D eigenvalue weighted by Gasteiger charge is 2.22. The second-order valence-corrected chi connectivity index (χ2v) is 7.33. The SMILES string of the molecule is CC[C@H](C)c1nc2c(/C=C/CNC(=N)N)[nH]c(-c3c[nH]c4ccccc34)cn-2c1=O. The van der Waals surface area contributed by atoms with E-state index in [2.05, 4.69) is 20.3 Å². The van der Waals surface area contributed by atoms with Crippen molar-refractivity contribution in [1.82, 2.24) is 24.8 Å². The van der Waals surface area contributed by atoms with E-state index in [1.807, 2.05) is 62.7 Å². The fourth-order valence-electron chi connectivity index (χ4n) is 3.51. The molecular formula is C22H25N7O. The van der Waals surface area contributed by atoms with Gasteiger partial charge in [-0.2, -0.15) is 0 Å². The Hall–Kier alpha value is -3.81. The minimum atomic E-state index is -0.0944. The molecule has 154 valence electrons. The van der Waals surface area contributed by atoms with Crippen LogP contribution in [0.2, 0.25) is 0 Å². The first kappa shape index (κ1) is 19.5. The van der Waals surface area contributed by atoms with Crippen molar-refractivity contribution in [2.24, 2.45) is 5.73 Å². The van der Waals surface area contributed by atoms with Crippen LogP contribution >= 0.6 is 0 Å². The van der Waals surface area contributed by atoms with Crippen LogP contribution in [0.1, 0.15) is 37.6 Å². The van der Waals surface area contributed by atoms with Gasteiger partial charge in [0.05, 0.1) is 11.4 Å². The van der Waals surface area contributed by atoms with Gasteiger partial charge in [-0.15, -0.1) is 0 Å². The molecule has 0 saturated heterocycles. The molecule has 0 spiro atoms. The van der Waals surface area contributed by atoms with Gasteiger partial charge in [-0.3, -0.25) is 14.8 Å². The lowest BCUT2D eigenvalue weighted by atomic mass is 10.1. The first-order valence-corrected chi connectivity index (χ1v) is 9.95. The number of guanidine groups is 1. The highest BCUT2D eigenvalue weighted by atomic mass is 16.1. The number of para-hydroxylation sites is 1. The minimum absolute atomic E-state index is 0.0742. The Labute approximate surface area is 173 Å². The van der Waals surface area contributed by atoms with Crippen molar-refractivity contribution in [3.63, 3.8) is 0 Å². The Morgan fingerprint density at radius 1 is 1.40 bits per heavy atom. The summed E-state index contributed by atoms with van der Waals surface area (Å²) in [5.74, 6) is 0.561.